The zero-order valence-corrected chi connectivity index (χ0v) is 12.2. The lowest BCUT2D eigenvalue weighted by Crippen LogP contribution is -2.21. The van der Waals surface area contributed by atoms with Gasteiger partial charge in [-0.3, -0.25) is 0 Å². The van der Waals surface area contributed by atoms with Crippen molar-refractivity contribution in [3.63, 3.8) is 0 Å². The van der Waals surface area contributed by atoms with Gasteiger partial charge in [-0.1, -0.05) is 6.92 Å². The lowest BCUT2D eigenvalue weighted by molar-refractivity contribution is 0.800. The number of thioether (sulfide) groups is 1. The van der Waals surface area contributed by atoms with E-state index in [1.165, 1.54) is 17.9 Å². The third kappa shape index (κ3) is 3.28. The van der Waals surface area contributed by atoms with Gasteiger partial charge in [0.25, 0.3) is 0 Å². The topological polar surface area (TPSA) is 49.8 Å². The Morgan fingerprint density at radius 3 is 2.72 bits per heavy atom. The van der Waals surface area contributed by atoms with Gasteiger partial charge in [-0.25, -0.2) is 9.97 Å². The number of aromatic nitrogens is 2. The minimum absolute atomic E-state index is 0.557. The smallest absolute Gasteiger partial charge is 0.135 e. The average Bonchev–Trinajstić information content (AvgIpc) is 2.84. The fourth-order valence-corrected chi connectivity index (χ4v) is 3.18. The minimum atomic E-state index is 0.557. The molecule has 0 amide bonds. The van der Waals surface area contributed by atoms with Crippen LogP contribution in [0.25, 0.3) is 0 Å². The van der Waals surface area contributed by atoms with Crippen LogP contribution >= 0.6 is 11.8 Å². The molecule has 0 radical (unpaired) electrons. The summed E-state index contributed by atoms with van der Waals surface area (Å²) in [5.74, 6) is 5.22. The molecule has 100 valence electrons. The molecule has 2 rings (SSSR count). The van der Waals surface area contributed by atoms with E-state index < -0.39 is 0 Å². The molecule has 5 heteroatoms. The van der Waals surface area contributed by atoms with Crippen molar-refractivity contribution in [2.75, 3.05) is 28.7 Å². The van der Waals surface area contributed by atoms with Crippen LogP contribution in [0.3, 0.4) is 0 Å². The van der Waals surface area contributed by atoms with Crippen LogP contribution in [0.15, 0.2) is 0 Å². The molecular formula is C13H22N4S. The van der Waals surface area contributed by atoms with Crippen LogP contribution in [0.5, 0.6) is 0 Å². The average molecular weight is 266 g/mol. The molecule has 0 aliphatic carbocycles. The van der Waals surface area contributed by atoms with E-state index in [0.29, 0.717) is 6.04 Å². The predicted molar refractivity (Wildman–Crippen MR) is 79.6 cm³/mol. The lowest BCUT2D eigenvalue weighted by Gasteiger charge is -2.17. The number of hydrogen-bond acceptors (Lipinski definition) is 5. The Labute approximate surface area is 113 Å². The molecule has 1 aromatic rings. The lowest BCUT2D eigenvalue weighted by atomic mass is 10.2. The maximum atomic E-state index is 4.53. The van der Waals surface area contributed by atoms with Gasteiger partial charge in [0, 0.05) is 23.9 Å². The highest BCUT2D eigenvalue weighted by atomic mass is 32.2. The quantitative estimate of drug-likeness (QED) is 0.858. The van der Waals surface area contributed by atoms with Gasteiger partial charge in [0.2, 0.25) is 0 Å². The van der Waals surface area contributed by atoms with E-state index in [9.17, 15) is 0 Å². The zero-order valence-electron chi connectivity index (χ0n) is 11.4. The molecule has 2 heterocycles. The summed E-state index contributed by atoms with van der Waals surface area (Å²) in [6, 6.07) is 0.557. The SMILES string of the molecule is CCCNc1nc(C)nc(NC2CCSC2)c1C. The minimum Gasteiger partial charge on any atom is -0.370 e. The van der Waals surface area contributed by atoms with E-state index in [1.54, 1.807) is 0 Å². The van der Waals surface area contributed by atoms with Gasteiger partial charge in [-0.15, -0.1) is 0 Å². The van der Waals surface area contributed by atoms with Crippen molar-refractivity contribution < 1.29 is 0 Å². The number of aryl methyl sites for hydroxylation is 1. The molecular weight excluding hydrogens is 244 g/mol. The summed E-state index contributed by atoms with van der Waals surface area (Å²) in [6.07, 6.45) is 2.33. The summed E-state index contributed by atoms with van der Waals surface area (Å²) in [4.78, 5) is 9.01. The highest BCUT2D eigenvalue weighted by molar-refractivity contribution is 7.99. The number of nitrogens with zero attached hydrogens (tertiary/aromatic N) is 2. The Morgan fingerprint density at radius 1 is 1.28 bits per heavy atom. The van der Waals surface area contributed by atoms with Crippen LogP contribution in [-0.2, 0) is 0 Å². The molecule has 1 atom stereocenters. The van der Waals surface area contributed by atoms with E-state index >= 15 is 0 Å². The molecule has 1 aliphatic heterocycles. The highest BCUT2D eigenvalue weighted by Gasteiger charge is 2.18. The fraction of sp³-hybridized carbons (Fsp3) is 0.692. The van der Waals surface area contributed by atoms with Crippen LogP contribution in [-0.4, -0.2) is 34.1 Å². The molecule has 1 fully saturated rings. The van der Waals surface area contributed by atoms with Gasteiger partial charge in [-0.05, 0) is 32.4 Å². The fourth-order valence-electron chi connectivity index (χ4n) is 2.03. The van der Waals surface area contributed by atoms with Gasteiger partial charge in [0.05, 0.1) is 0 Å². The third-order valence-corrected chi connectivity index (χ3v) is 4.23. The predicted octanol–water partition coefficient (Wildman–Crippen LogP) is 2.83. The molecule has 4 nitrogen and oxygen atoms in total. The Bertz CT molecular complexity index is 402. The Kier molecular flexibility index (Phi) is 4.69. The second-order valence-corrected chi connectivity index (χ2v) is 5.87. The summed E-state index contributed by atoms with van der Waals surface area (Å²) in [6.45, 7) is 7.15. The summed E-state index contributed by atoms with van der Waals surface area (Å²) >= 11 is 2.01. The summed E-state index contributed by atoms with van der Waals surface area (Å²) in [7, 11) is 0. The first-order chi connectivity index (χ1) is 8.70. The van der Waals surface area contributed by atoms with Crippen molar-refractivity contribution in [3.8, 4) is 0 Å². The van der Waals surface area contributed by atoms with Gasteiger partial charge in [0.15, 0.2) is 0 Å². The number of hydrogen-bond donors (Lipinski definition) is 2. The number of nitrogens with one attached hydrogen (secondary N) is 2. The molecule has 18 heavy (non-hydrogen) atoms. The molecule has 1 aliphatic rings. The molecule has 0 bridgehead atoms. The van der Waals surface area contributed by atoms with E-state index in [-0.39, 0.29) is 0 Å². The second-order valence-electron chi connectivity index (χ2n) is 4.72. The van der Waals surface area contributed by atoms with Crippen molar-refractivity contribution >= 4 is 23.4 Å². The Morgan fingerprint density at radius 2 is 2.06 bits per heavy atom. The van der Waals surface area contributed by atoms with Crippen LogP contribution in [0.4, 0.5) is 11.6 Å². The maximum absolute atomic E-state index is 4.53. The number of anilines is 2. The van der Waals surface area contributed by atoms with Gasteiger partial charge < -0.3 is 10.6 Å². The van der Waals surface area contributed by atoms with E-state index in [1.807, 2.05) is 18.7 Å². The number of rotatable bonds is 5. The molecule has 0 aromatic carbocycles. The summed E-state index contributed by atoms with van der Waals surface area (Å²) < 4.78 is 0. The first-order valence-corrected chi connectivity index (χ1v) is 7.79. The molecule has 1 saturated heterocycles. The third-order valence-electron chi connectivity index (χ3n) is 3.07. The Hall–Kier alpha value is -0.970. The second kappa shape index (κ2) is 6.27. The largest absolute Gasteiger partial charge is 0.370 e. The first-order valence-electron chi connectivity index (χ1n) is 6.64. The first kappa shape index (κ1) is 13.5. The van der Waals surface area contributed by atoms with Crippen LogP contribution in [0.2, 0.25) is 0 Å². The molecule has 0 spiro atoms. The Balaban J connectivity index is 2.14. The van der Waals surface area contributed by atoms with E-state index in [4.69, 9.17) is 0 Å². The molecule has 1 unspecified atom stereocenters. The van der Waals surface area contributed by atoms with Crippen molar-refractivity contribution in [1.29, 1.82) is 0 Å². The highest BCUT2D eigenvalue weighted by Crippen LogP contribution is 2.25. The van der Waals surface area contributed by atoms with Gasteiger partial charge in [0.1, 0.15) is 17.5 Å². The molecule has 2 N–H and O–H groups in total. The van der Waals surface area contributed by atoms with E-state index in [2.05, 4.69) is 34.4 Å². The van der Waals surface area contributed by atoms with Crippen LogP contribution in [0.1, 0.15) is 31.2 Å². The van der Waals surface area contributed by atoms with Crippen molar-refractivity contribution in [2.45, 2.75) is 39.7 Å². The summed E-state index contributed by atoms with van der Waals surface area (Å²) in [5, 5.41) is 6.93. The zero-order chi connectivity index (χ0) is 13.0. The summed E-state index contributed by atoms with van der Waals surface area (Å²) in [5.41, 5.74) is 1.13. The normalized spacial score (nSPS) is 18.9. The van der Waals surface area contributed by atoms with Gasteiger partial charge in [-0.2, -0.15) is 11.8 Å². The van der Waals surface area contributed by atoms with Crippen LogP contribution < -0.4 is 10.6 Å². The van der Waals surface area contributed by atoms with Crippen molar-refractivity contribution in [2.24, 2.45) is 0 Å². The van der Waals surface area contributed by atoms with Crippen LogP contribution in [0, 0.1) is 13.8 Å². The van der Waals surface area contributed by atoms with Crippen molar-refractivity contribution in [1.82, 2.24) is 9.97 Å². The monoisotopic (exact) mass is 266 g/mol. The molecule has 0 saturated carbocycles. The van der Waals surface area contributed by atoms with E-state index in [0.717, 1.165) is 36.0 Å². The maximum Gasteiger partial charge on any atom is 0.135 e. The van der Waals surface area contributed by atoms with Crippen molar-refractivity contribution in [3.05, 3.63) is 11.4 Å². The molecule has 1 aromatic heterocycles. The standard InChI is InChI=1S/C13H22N4S/c1-4-6-14-12-9(2)13(16-10(3)15-12)17-11-5-7-18-8-11/h11H,4-8H2,1-3H3,(H2,14,15,16,17). The van der Waals surface area contributed by atoms with Gasteiger partial charge >= 0.3 is 0 Å².